The van der Waals surface area contributed by atoms with Gasteiger partial charge in [-0.05, 0) is 15.9 Å². The topological polar surface area (TPSA) is 116 Å². The summed E-state index contributed by atoms with van der Waals surface area (Å²) in [6.07, 6.45) is 0.523. The number of nitrogens with two attached hydrogens (primary N) is 2. The molecular formula is C7H10BrN5O2. The molecule has 0 spiro atoms. The number of aromatic nitrogens is 2. The molecule has 0 aromatic carbocycles. The summed E-state index contributed by atoms with van der Waals surface area (Å²) in [5.74, 6) is 0.874. The Morgan fingerprint density at radius 3 is 3.00 bits per heavy atom. The van der Waals surface area contributed by atoms with Crippen molar-refractivity contribution in [3.63, 3.8) is 0 Å². The van der Waals surface area contributed by atoms with Gasteiger partial charge in [0, 0.05) is 0 Å². The minimum Gasteiger partial charge on any atom is -0.448 e. The Balaban J connectivity index is 2.44. The molecule has 0 aliphatic heterocycles. The summed E-state index contributed by atoms with van der Waals surface area (Å²) in [6.45, 7) is 0.545. The highest BCUT2D eigenvalue weighted by Gasteiger charge is 2.04. The van der Waals surface area contributed by atoms with Gasteiger partial charge in [-0.15, -0.1) is 0 Å². The van der Waals surface area contributed by atoms with Crippen LogP contribution in [0.1, 0.15) is 0 Å². The summed E-state index contributed by atoms with van der Waals surface area (Å²) in [5, 5.41) is 2.90. The van der Waals surface area contributed by atoms with Crippen LogP contribution in [0.5, 0.6) is 0 Å². The van der Waals surface area contributed by atoms with Gasteiger partial charge in [-0.1, -0.05) is 0 Å². The van der Waals surface area contributed by atoms with Crippen LogP contribution in [0.25, 0.3) is 0 Å². The van der Waals surface area contributed by atoms with Gasteiger partial charge in [-0.25, -0.2) is 14.8 Å². The van der Waals surface area contributed by atoms with E-state index >= 15 is 0 Å². The first-order valence-corrected chi connectivity index (χ1v) is 4.82. The average Bonchev–Trinajstić information content (AvgIpc) is 2.18. The molecule has 0 saturated heterocycles. The van der Waals surface area contributed by atoms with Gasteiger partial charge in [0.15, 0.2) is 0 Å². The zero-order chi connectivity index (χ0) is 11.3. The molecule has 8 heteroatoms. The molecule has 1 rings (SSSR count). The predicted octanol–water partition coefficient (Wildman–Crippen LogP) is 0.328. The second kappa shape index (κ2) is 5.35. The number of ether oxygens (including phenoxy) is 1. The number of primary amides is 1. The maximum absolute atomic E-state index is 10.2. The molecule has 1 aromatic rings. The van der Waals surface area contributed by atoms with Crippen LogP contribution < -0.4 is 16.8 Å². The molecular weight excluding hydrogens is 266 g/mol. The second-order valence-corrected chi connectivity index (χ2v) is 3.31. The molecule has 1 amide bonds. The molecule has 0 unspecified atom stereocenters. The second-order valence-electron chi connectivity index (χ2n) is 2.52. The first-order chi connectivity index (χ1) is 7.11. The fourth-order valence-corrected chi connectivity index (χ4v) is 1.17. The van der Waals surface area contributed by atoms with Gasteiger partial charge < -0.3 is 21.5 Å². The van der Waals surface area contributed by atoms with E-state index in [1.54, 1.807) is 0 Å². The third kappa shape index (κ3) is 3.58. The summed E-state index contributed by atoms with van der Waals surface area (Å²) in [4.78, 5) is 18.0. The van der Waals surface area contributed by atoms with E-state index in [2.05, 4.69) is 36.0 Å². The summed E-state index contributed by atoms with van der Waals surface area (Å²) in [5.41, 5.74) is 10.3. The summed E-state index contributed by atoms with van der Waals surface area (Å²) in [7, 11) is 0. The molecule has 7 nitrogen and oxygen atoms in total. The quantitative estimate of drug-likeness (QED) is 0.682. The number of carbonyl (C=O) groups excluding carboxylic acids is 1. The van der Waals surface area contributed by atoms with Gasteiger partial charge in [-0.3, -0.25) is 0 Å². The normalized spacial score (nSPS) is 9.67. The van der Waals surface area contributed by atoms with Gasteiger partial charge in [0.1, 0.15) is 29.0 Å². The van der Waals surface area contributed by atoms with Crippen molar-refractivity contribution >= 4 is 33.7 Å². The number of hydrogen-bond donors (Lipinski definition) is 3. The Labute approximate surface area is 94.3 Å². The molecule has 0 aliphatic carbocycles. The zero-order valence-corrected chi connectivity index (χ0v) is 9.32. The number of hydrogen-bond acceptors (Lipinski definition) is 6. The van der Waals surface area contributed by atoms with E-state index in [-0.39, 0.29) is 6.61 Å². The number of nitrogen functional groups attached to an aromatic ring is 1. The van der Waals surface area contributed by atoms with Crippen molar-refractivity contribution in [2.45, 2.75) is 0 Å². The number of halogens is 1. The number of amides is 1. The van der Waals surface area contributed by atoms with Gasteiger partial charge in [0.25, 0.3) is 0 Å². The van der Waals surface area contributed by atoms with Gasteiger partial charge in [-0.2, -0.15) is 0 Å². The van der Waals surface area contributed by atoms with Crippen LogP contribution in [0.4, 0.5) is 16.4 Å². The van der Waals surface area contributed by atoms with E-state index in [0.29, 0.717) is 22.7 Å². The van der Waals surface area contributed by atoms with Crippen molar-refractivity contribution in [3.8, 4) is 0 Å². The first kappa shape index (κ1) is 11.5. The largest absolute Gasteiger partial charge is 0.448 e. The van der Waals surface area contributed by atoms with Crippen molar-refractivity contribution in [1.82, 2.24) is 9.97 Å². The van der Waals surface area contributed by atoms with Crippen LogP contribution in [0.3, 0.4) is 0 Å². The highest BCUT2D eigenvalue weighted by molar-refractivity contribution is 9.10. The van der Waals surface area contributed by atoms with Gasteiger partial charge in [0.2, 0.25) is 0 Å². The van der Waals surface area contributed by atoms with Crippen LogP contribution in [-0.4, -0.2) is 29.2 Å². The summed E-state index contributed by atoms with van der Waals surface area (Å²) in [6, 6.07) is 0. The number of nitrogens with zero attached hydrogens (tertiary/aromatic N) is 2. The number of anilines is 2. The SMILES string of the molecule is NC(=O)OCCNc1ncnc(N)c1Br. The zero-order valence-electron chi connectivity index (χ0n) is 7.74. The molecule has 15 heavy (non-hydrogen) atoms. The number of nitrogens with one attached hydrogen (secondary N) is 1. The molecule has 1 aromatic heterocycles. The fourth-order valence-electron chi connectivity index (χ4n) is 0.828. The van der Waals surface area contributed by atoms with Gasteiger partial charge in [0.05, 0.1) is 6.54 Å². The Morgan fingerprint density at radius 2 is 2.33 bits per heavy atom. The van der Waals surface area contributed by atoms with Crippen LogP contribution in [0.2, 0.25) is 0 Å². The Kier molecular flexibility index (Phi) is 4.10. The Morgan fingerprint density at radius 1 is 1.60 bits per heavy atom. The molecule has 0 fully saturated rings. The maximum atomic E-state index is 10.2. The van der Waals surface area contributed by atoms with Crippen LogP contribution in [0, 0.1) is 0 Å². The van der Waals surface area contributed by atoms with Crippen molar-refractivity contribution in [1.29, 1.82) is 0 Å². The van der Waals surface area contributed by atoms with Crippen molar-refractivity contribution < 1.29 is 9.53 Å². The lowest BCUT2D eigenvalue weighted by Gasteiger charge is -2.07. The monoisotopic (exact) mass is 275 g/mol. The highest BCUT2D eigenvalue weighted by atomic mass is 79.9. The van der Waals surface area contributed by atoms with E-state index in [4.69, 9.17) is 11.5 Å². The molecule has 0 radical (unpaired) electrons. The third-order valence-corrected chi connectivity index (χ3v) is 2.24. The molecule has 0 bridgehead atoms. The standard InChI is InChI=1S/C7H10BrN5O2/c8-4-5(9)12-3-13-6(4)11-1-2-15-7(10)14/h3H,1-2H2,(H2,10,14)(H3,9,11,12,13). The molecule has 0 atom stereocenters. The van der Waals surface area contributed by atoms with Gasteiger partial charge >= 0.3 is 6.09 Å². The van der Waals surface area contributed by atoms with E-state index in [9.17, 15) is 4.79 Å². The molecule has 82 valence electrons. The van der Waals surface area contributed by atoms with Crippen LogP contribution >= 0.6 is 15.9 Å². The minimum absolute atomic E-state index is 0.158. The van der Waals surface area contributed by atoms with E-state index in [0.717, 1.165) is 0 Å². The van der Waals surface area contributed by atoms with E-state index in [1.165, 1.54) is 6.33 Å². The minimum atomic E-state index is -0.807. The molecule has 0 aliphatic rings. The van der Waals surface area contributed by atoms with E-state index in [1.807, 2.05) is 0 Å². The number of rotatable bonds is 4. The smallest absolute Gasteiger partial charge is 0.404 e. The Hall–Kier alpha value is -1.57. The predicted molar refractivity (Wildman–Crippen MR) is 58.2 cm³/mol. The first-order valence-electron chi connectivity index (χ1n) is 4.03. The Bertz CT molecular complexity index is 359. The highest BCUT2D eigenvalue weighted by Crippen LogP contribution is 2.23. The summed E-state index contributed by atoms with van der Waals surface area (Å²) >= 11 is 3.22. The molecule has 0 saturated carbocycles. The lowest BCUT2D eigenvalue weighted by atomic mass is 10.5. The van der Waals surface area contributed by atoms with Crippen LogP contribution in [-0.2, 0) is 4.74 Å². The maximum Gasteiger partial charge on any atom is 0.404 e. The van der Waals surface area contributed by atoms with E-state index < -0.39 is 6.09 Å². The third-order valence-electron chi connectivity index (χ3n) is 1.46. The fraction of sp³-hybridized carbons (Fsp3) is 0.286. The van der Waals surface area contributed by atoms with Crippen molar-refractivity contribution in [2.75, 3.05) is 24.2 Å². The summed E-state index contributed by atoms with van der Waals surface area (Å²) < 4.78 is 5.09. The lowest BCUT2D eigenvalue weighted by molar-refractivity contribution is 0.161. The van der Waals surface area contributed by atoms with Crippen molar-refractivity contribution in [3.05, 3.63) is 10.8 Å². The van der Waals surface area contributed by atoms with Crippen LogP contribution in [0.15, 0.2) is 10.8 Å². The lowest BCUT2D eigenvalue weighted by Crippen LogP contribution is -2.19. The average molecular weight is 276 g/mol. The number of carbonyl (C=O) groups is 1. The van der Waals surface area contributed by atoms with Crippen molar-refractivity contribution in [2.24, 2.45) is 5.73 Å². The molecule has 1 heterocycles. The molecule has 5 N–H and O–H groups in total.